The molecule has 23 heavy (non-hydrogen) atoms. The Morgan fingerprint density at radius 1 is 1.39 bits per heavy atom. The molecule has 0 N–H and O–H groups in total. The number of ether oxygens (including phenoxy) is 1. The molecule has 2 heterocycles. The second kappa shape index (κ2) is 5.08. The van der Waals surface area contributed by atoms with Gasteiger partial charge in [-0.3, -0.25) is 9.59 Å². The summed E-state index contributed by atoms with van der Waals surface area (Å²) >= 11 is 0. The zero-order valence-corrected chi connectivity index (χ0v) is 13.5. The number of carbonyl (C=O) groups excluding carboxylic acids is 2. The van der Waals surface area contributed by atoms with E-state index in [1.807, 2.05) is 0 Å². The standard InChI is InChI=1S/C17H18FNO4/c1-9-5-10-6-11-7-19(8-22-16(21)17(2,3)4)15(20)12(11)13(18)14(10)23-9/h5-6H,7-8H2,1-4H3. The predicted molar refractivity (Wildman–Crippen MR) is 81.2 cm³/mol. The quantitative estimate of drug-likeness (QED) is 0.796. The molecule has 0 bridgehead atoms. The molecule has 1 aliphatic rings. The van der Waals surface area contributed by atoms with Crippen molar-refractivity contribution in [1.29, 1.82) is 0 Å². The van der Waals surface area contributed by atoms with Crippen LogP contribution in [0.15, 0.2) is 16.5 Å². The number of furan rings is 1. The van der Waals surface area contributed by atoms with Crippen LogP contribution in [0.1, 0.15) is 42.5 Å². The summed E-state index contributed by atoms with van der Waals surface area (Å²) < 4.78 is 25.0. The molecule has 0 unspecified atom stereocenters. The van der Waals surface area contributed by atoms with E-state index < -0.39 is 23.1 Å². The summed E-state index contributed by atoms with van der Waals surface area (Å²) in [5.74, 6) is -0.965. The van der Waals surface area contributed by atoms with E-state index in [1.165, 1.54) is 4.90 Å². The summed E-state index contributed by atoms with van der Waals surface area (Å²) in [6, 6.07) is 3.47. The van der Waals surface area contributed by atoms with Crippen molar-refractivity contribution in [3.8, 4) is 0 Å². The number of carbonyl (C=O) groups is 2. The van der Waals surface area contributed by atoms with E-state index in [1.54, 1.807) is 39.8 Å². The monoisotopic (exact) mass is 319 g/mol. The van der Waals surface area contributed by atoms with Crippen molar-refractivity contribution in [3.63, 3.8) is 0 Å². The molecule has 3 rings (SSSR count). The van der Waals surface area contributed by atoms with Gasteiger partial charge in [0.15, 0.2) is 18.1 Å². The van der Waals surface area contributed by atoms with Crippen molar-refractivity contribution >= 4 is 22.8 Å². The molecule has 5 nitrogen and oxygen atoms in total. The minimum Gasteiger partial charge on any atom is -0.458 e. The molecule has 2 aromatic rings. The molecule has 0 saturated heterocycles. The Bertz CT molecular complexity index is 816. The SMILES string of the molecule is Cc1cc2cc3c(c(F)c2o1)C(=O)N(COC(=O)C(C)(C)C)C3. The summed E-state index contributed by atoms with van der Waals surface area (Å²) in [5, 5.41) is 0.625. The smallest absolute Gasteiger partial charge is 0.312 e. The molecule has 1 aromatic carbocycles. The summed E-state index contributed by atoms with van der Waals surface area (Å²) in [7, 11) is 0. The molecule has 0 atom stereocenters. The number of nitrogens with zero attached hydrogens (tertiary/aromatic N) is 1. The van der Waals surface area contributed by atoms with Crippen LogP contribution < -0.4 is 0 Å². The van der Waals surface area contributed by atoms with E-state index in [0.717, 1.165) is 0 Å². The van der Waals surface area contributed by atoms with Crippen LogP contribution in [-0.4, -0.2) is 23.5 Å². The number of aryl methyl sites for hydroxylation is 1. The van der Waals surface area contributed by atoms with Gasteiger partial charge in [0.25, 0.3) is 5.91 Å². The van der Waals surface area contributed by atoms with Gasteiger partial charge in [-0.2, -0.15) is 0 Å². The van der Waals surface area contributed by atoms with Crippen molar-refractivity contribution in [2.75, 3.05) is 6.73 Å². The van der Waals surface area contributed by atoms with Crippen LogP contribution in [-0.2, 0) is 16.1 Å². The van der Waals surface area contributed by atoms with Gasteiger partial charge in [0.2, 0.25) is 0 Å². The first-order valence-corrected chi connectivity index (χ1v) is 7.36. The van der Waals surface area contributed by atoms with Crippen LogP contribution in [0.25, 0.3) is 11.0 Å². The molecular weight excluding hydrogens is 301 g/mol. The fourth-order valence-electron chi connectivity index (χ4n) is 2.58. The molecule has 0 saturated carbocycles. The third-order valence-corrected chi connectivity index (χ3v) is 3.78. The van der Waals surface area contributed by atoms with Crippen molar-refractivity contribution in [2.24, 2.45) is 5.41 Å². The van der Waals surface area contributed by atoms with Crippen LogP contribution in [0.2, 0.25) is 0 Å². The van der Waals surface area contributed by atoms with Gasteiger partial charge in [0.05, 0.1) is 17.5 Å². The predicted octanol–water partition coefficient (Wildman–Crippen LogP) is 3.38. The van der Waals surface area contributed by atoms with Gasteiger partial charge in [-0.05, 0) is 45.4 Å². The summed E-state index contributed by atoms with van der Waals surface area (Å²) in [6.45, 7) is 6.93. The van der Waals surface area contributed by atoms with Gasteiger partial charge in [0, 0.05) is 5.39 Å². The first-order valence-electron chi connectivity index (χ1n) is 7.36. The highest BCUT2D eigenvalue weighted by Gasteiger charge is 2.34. The zero-order valence-electron chi connectivity index (χ0n) is 13.5. The Morgan fingerprint density at radius 3 is 2.74 bits per heavy atom. The van der Waals surface area contributed by atoms with Gasteiger partial charge in [-0.25, -0.2) is 4.39 Å². The van der Waals surface area contributed by atoms with Crippen LogP contribution >= 0.6 is 0 Å². The van der Waals surface area contributed by atoms with Crippen LogP contribution in [0, 0.1) is 18.2 Å². The molecule has 0 spiro atoms. The molecule has 1 aromatic heterocycles. The van der Waals surface area contributed by atoms with Gasteiger partial charge < -0.3 is 14.1 Å². The third kappa shape index (κ3) is 2.58. The minimum absolute atomic E-state index is 0.00124. The second-order valence-corrected chi connectivity index (χ2v) is 6.81. The van der Waals surface area contributed by atoms with E-state index >= 15 is 0 Å². The molecule has 122 valence electrons. The highest BCUT2D eigenvalue weighted by atomic mass is 19.1. The first-order chi connectivity index (χ1) is 10.7. The van der Waals surface area contributed by atoms with E-state index in [2.05, 4.69) is 0 Å². The summed E-state index contributed by atoms with van der Waals surface area (Å²) in [6.07, 6.45) is 0. The van der Waals surface area contributed by atoms with Crippen LogP contribution in [0.5, 0.6) is 0 Å². The number of fused-ring (bicyclic) bond motifs is 2. The Hall–Kier alpha value is -2.37. The number of hydrogen-bond acceptors (Lipinski definition) is 4. The molecule has 1 aliphatic heterocycles. The molecule has 0 aliphatic carbocycles. The normalized spacial score (nSPS) is 14.5. The lowest BCUT2D eigenvalue weighted by Crippen LogP contribution is -2.32. The Balaban J connectivity index is 1.85. The fourth-order valence-corrected chi connectivity index (χ4v) is 2.58. The molecule has 0 radical (unpaired) electrons. The van der Waals surface area contributed by atoms with Crippen molar-refractivity contribution in [3.05, 3.63) is 34.8 Å². The number of amides is 1. The topological polar surface area (TPSA) is 59.8 Å². The number of rotatable bonds is 2. The second-order valence-electron chi connectivity index (χ2n) is 6.81. The average molecular weight is 319 g/mol. The zero-order chi connectivity index (χ0) is 16.9. The molecule has 1 amide bonds. The number of benzene rings is 1. The first kappa shape index (κ1) is 15.5. The number of hydrogen-bond donors (Lipinski definition) is 0. The molecule has 6 heteroatoms. The Kier molecular flexibility index (Phi) is 3.43. The van der Waals surface area contributed by atoms with Crippen LogP contribution in [0.3, 0.4) is 0 Å². The third-order valence-electron chi connectivity index (χ3n) is 3.78. The van der Waals surface area contributed by atoms with Gasteiger partial charge in [-0.15, -0.1) is 0 Å². The van der Waals surface area contributed by atoms with Crippen molar-refractivity contribution in [2.45, 2.75) is 34.2 Å². The highest BCUT2D eigenvalue weighted by molar-refractivity contribution is 6.02. The van der Waals surface area contributed by atoms with E-state index in [-0.39, 0.29) is 24.4 Å². The molecule has 0 fully saturated rings. The lowest BCUT2D eigenvalue weighted by molar-refractivity contribution is -0.156. The van der Waals surface area contributed by atoms with E-state index in [4.69, 9.17) is 9.15 Å². The average Bonchev–Trinajstić information content (AvgIpc) is 2.96. The summed E-state index contributed by atoms with van der Waals surface area (Å²) in [4.78, 5) is 25.5. The van der Waals surface area contributed by atoms with Crippen molar-refractivity contribution < 1.29 is 23.1 Å². The maximum Gasteiger partial charge on any atom is 0.312 e. The van der Waals surface area contributed by atoms with E-state index in [0.29, 0.717) is 16.7 Å². The van der Waals surface area contributed by atoms with E-state index in [9.17, 15) is 14.0 Å². The van der Waals surface area contributed by atoms with Gasteiger partial charge >= 0.3 is 5.97 Å². The van der Waals surface area contributed by atoms with Crippen LogP contribution in [0.4, 0.5) is 4.39 Å². The highest BCUT2D eigenvalue weighted by Crippen LogP contribution is 2.33. The maximum absolute atomic E-state index is 14.5. The lowest BCUT2D eigenvalue weighted by atomic mass is 9.98. The Labute approximate surface area is 133 Å². The lowest BCUT2D eigenvalue weighted by Gasteiger charge is -2.20. The Morgan fingerprint density at radius 2 is 2.09 bits per heavy atom. The van der Waals surface area contributed by atoms with Gasteiger partial charge in [-0.1, -0.05) is 0 Å². The largest absolute Gasteiger partial charge is 0.458 e. The minimum atomic E-state index is -0.655. The maximum atomic E-state index is 14.5. The molecular formula is C17H18FNO4. The fraction of sp³-hybridized carbons (Fsp3) is 0.412. The number of esters is 1. The van der Waals surface area contributed by atoms with Gasteiger partial charge in [0.1, 0.15) is 5.76 Å². The number of halogens is 1. The van der Waals surface area contributed by atoms with Crippen molar-refractivity contribution in [1.82, 2.24) is 4.90 Å². The summed E-state index contributed by atoms with van der Waals surface area (Å²) in [5.41, 5.74) is 0.00693.